The Hall–Kier alpha value is -8.81. The summed E-state index contributed by atoms with van der Waals surface area (Å²) in [5.74, 6) is 2.32. The first-order valence-electron chi connectivity index (χ1n) is 21.7. The number of para-hydroxylation sites is 2. The van der Waals surface area contributed by atoms with Gasteiger partial charge in [-0.25, -0.2) is 24.9 Å². The molecule has 0 radical (unpaired) electrons. The molecular formula is C58H35N5O2. The summed E-state index contributed by atoms with van der Waals surface area (Å²) in [7, 11) is 0. The van der Waals surface area contributed by atoms with Crippen molar-refractivity contribution in [3.8, 4) is 67.7 Å². The van der Waals surface area contributed by atoms with E-state index in [4.69, 9.17) is 33.8 Å². The van der Waals surface area contributed by atoms with Crippen LogP contribution in [0.5, 0.6) is 0 Å². The van der Waals surface area contributed by atoms with Gasteiger partial charge in [-0.2, -0.15) is 0 Å². The zero-order chi connectivity index (χ0) is 42.8. The zero-order valence-electron chi connectivity index (χ0n) is 34.8. The van der Waals surface area contributed by atoms with Crippen LogP contribution in [-0.2, 0) is 6.42 Å². The zero-order valence-corrected chi connectivity index (χ0v) is 34.8. The van der Waals surface area contributed by atoms with Crippen LogP contribution in [0.25, 0.3) is 123 Å². The highest BCUT2D eigenvalue weighted by Gasteiger charge is 2.24. The third kappa shape index (κ3) is 6.32. The monoisotopic (exact) mass is 833 g/mol. The average molecular weight is 834 g/mol. The SMILES string of the molecule is C(=C1\Cc2ccccc2-c2ccc(-c3ccccc3)cc21)/c1nc(-c2ccccc2)nc(-c2ccc3oc4c(-c5nc(-c6ccccc6)c6oc7ccccc7c6n5)cccc4c3c2)n1. The minimum Gasteiger partial charge on any atom is -0.455 e. The van der Waals surface area contributed by atoms with Crippen molar-refractivity contribution in [2.24, 2.45) is 0 Å². The molecule has 8 aromatic carbocycles. The summed E-state index contributed by atoms with van der Waals surface area (Å²) in [4.78, 5) is 25.7. The fourth-order valence-corrected chi connectivity index (χ4v) is 9.30. The van der Waals surface area contributed by atoms with Crippen molar-refractivity contribution in [2.75, 3.05) is 0 Å². The van der Waals surface area contributed by atoms with E-state index in [0.717, 1.165) is 72.8 Å². The number of rotatable bonds is 6. The molecule has 12 aromatic rings. The maximum Gasteiger partial charge on any atom is 0.180 e. The number of furan rings is 2. The molecule has 0 saturated carbocycles. The second kappa shape index (κ2) is 14.9. The van der Waals surface area contributed by atoms with Gasteiger partial charge in [0.05, 0.1) is 5.56 Å². The van der Waals surface area contributed by atoms with Crippen molar-refractivity contribution in [2.45, 2.75) is 6.42 Å². The van der Waals surface area contributed by atoms with E-state index in [9.17, 15) is 0 Å². The highest BCUT2D eigenvalue weighted by Crippen LogP contribution is 2.43. The first-order valence-corrected chi connectivity index (χ1v) is 21.7. The number of hydrogen-bond donors (Lipinski definition) is 0. The van der Waals surface area contributed by atoms with Crippen LogP contribution in [0.3, 0.4) is 0 Å². The summed E-state index contributed by atoms with van der Waals surface area (Å²) in [6.07, 6.45) is 2.89. The van der Waals surface area contributed by atoms with Crippen molar-refractivity contribution >= 4 is 55.7 Å². The molecule has 0 amide bonds. The molecule has 0 bridgehead atoms. The summed E-state index contributed by atoms with van der Waals surface area (Å²) >= 11 is 0. The van der Waals surface area contributed by atoms with Gasteiger partial charge in [0.25, 0.3) is 0 Å². The van der Waals surface area contributed by atoms with E-state index >= 15 is 0 Å². The van der Waals surface area contributed by atoms with Crippen LogP contribution in [0, 0.1) is 0 Å². The van der Waals surface area contributed by atoms with Crippen molar-refractivity contribution in [3.05, 3.63) is 211 Å². The smallest absolute Gasteiger partial charge is 0.180 e. The Morgan fingerprint density at radius 2 is 1.02 bits per heavy atom. The van der Waals surface area contributed by atoms with Crippen LogP contribution in [0.4, 0.5) is 0 Å². The molecule has 65 heavy (non-hydrogen) atoms. The van der Waals surface area contributed by atoms with Gasteiger partial charge in [0, 0.05) is 32.8 Å². The lowest BCUT2D eigenvalue weighted by Crippen LogP contribution is -2.05. The van der Waals surface area contributed by atoms with Gasteiger partial charge in [0.2, 0.25) is 0 Å². The molecule has 7 nitrogen and oxygen atoms in total. The van der Waals surface area contributed by atoms with Crippen molar-refractivity contribution < 1.29 is 8.83 Å². The number of aromatic nitrogens is 5. The van der Waals surface area contributed by atoms with Crippen molar-refractivity contribution in [3.63, 3.8) is 0 Å². The lowest BCUT2D eigenvalue weighted by atomic mass is 9.81. The van der Waals surface area contributed by atoms with E-state index in [-0.39, 0.29) is 0 Å². The minimum absolute atomic E-state index is 0.554. The third-order valence-corrected chi connectivity index (χ3v) is 12.4. The lowest BCUT2D eigenvalue weighted by Gasteiger charge is -2.23. The molecule has 0 saturated heterocycles. The first kappa shape index (κ1) is 36.8. The fraction of sp³-hybridized carbons (Fsp3) is 0.0172. The number of hydrogen-bond acceptors (Lipinski definition) is 7. The predicted molar refractivity (Wildman–Crippen MR) is 261 cm³/mol. The van der Waals surface area contributed by atoms with E-state index in [1.54, 1.807) is 0 Å². The molecule has 0 aliphatic heterocycles. The standard InChI is InChI=1S/C58H35N5O2/c1-4-15-35(16-5-1)38-27-29-43-42-22-11-10-21-39(42)31-41(47(43)32-38)34-51-59-56(37-19-8-3-9-20-37)63-57(60-51)40-28-30-50-48(33-40)44-24-14-25-46(54(44)64-50)58-61-52(36-17-6-2-7-18-36)55-53(62-58)45-23-12-13-26-49(45)65-55/h1-30,32-34H,31H2/b41-34-. The lowest BCUT2D eigenvalue weighted by molar-refractivity contribution is 0.666. The fourth-order valence-electron chi connectivity index (χ4n) is 9.30. The van der Waals surface area contributed by atoms with Crippen molar-refractivity contribution in [1.82, 2.24) is 24.9 Å². The summed E-state index contributed by atoms with van der Waals surface area (Å²) < 4.78 is 13.1. The van der Waals surface area contributed by atoms with Gasteiger partial charge in [-0.3, -0.25) is 0 Å². The Balaban J connectivity index is 0.960. The highest BCUT2D eigenvalue weighted by atomic mass is 16.3. The molecule has 1 aliphatic carbocycles. The Labute approximate surface area is 373 Å². The average Bonchev–Trinajstić information content (AvgIpc) is 3.95. The van der Waals surface area contributed by atoms with Crippen molar-refractivity contribution in [1.29, 1.82) is 0 Å². The molecular weight excluding hydrogens is 799 g/mol. The molecule has 0 unspecified atom stereocenters. The van der Waals surface area contributed by atoms with Gasteiger partial charge in [0.15, 0.2) is 28.9 Å². The van der Waals surface area contributed by atoms with Crippen LogP contribution in [0.2, 0.25) is 0 Å². The van der Waals surface area contributed by atoms with Gasteiger partial charge in [-0.1, -0.05) is 152 Å². The number of benzene rings is 8. The number of allylic oxidation sites excluding steroid dienone is 1. The normalized spacial score (nSPS) is 12.9. The Bertz CT molecular complexity index is 3860. The Morgan fingerprint density at radius 3 is 1.85 bits per heavy atom. The Kier molecular flexibility index (Phi) is 8.45. The topological polar surface area (TPSA) is 90.7 Å². The van der Waals surface area contributed by atoms with Crippen LogP contribution >= 0.6 is 0 Å². The minimum atomic E-state index is 0.554. The molecule has 13 rings (SSSR count). The molecule has 0 spiro atoms. The largest absolute Gasteiger partial charge is 0.455 e. The van der Waals surface area contributed by atoms with E-state index in [2.05, 4.69) is 91.0 Å². The quantitative estimate of drug-likeness (QED) is 0.165. The van der Waals surface area contributed by atoms with Crippen LogP contribution < -0.4 is 0 Å². The summed E-state index contributed by atoms with van der Waals surface area (Å²) in [6.45, 7) is 0. The number of fused-ring (bicyclic) bond motifs is 9. The van der Waals surface area contributed by atoms with E-state index < -0.39 is 0 Å². The second-order valence-electron chi connectivity index (χ2n) is 16.4. The summed E-state index contributed by atoms with van der Waals surface area (Å²) in [6, 6.07) is 66.4. The molecule has 0 atom stereocenters. The van der Waals surface area contributed by atoms with Crippen LogP contribution in [-0.4, -0.2) is 24.9 Å². The van der Waals surface area contributed by atoms with Gasteiger partial charge in [-0.15, -0.1) is 0 Å². The molecule has 0 N–H and O–H groups in total. The molecule has 7 heteroatoms. The summed E-state index contributed by atoms with van der Waals surface area (Å²) in [5.41, 5.74) is 16.2. The molecule has 4 heterocycles. The number of nitrogens with zero attached hydrogens (tertiary/aromatic N) is 5. The predicted octanol–water partition coefficient (Wildman–Crippen LogP) is 14.6. The molecule has 0 fully saturated rings. The molecule has 304 valence electrons. The first-order chi connectivity index (χ1) is 32.2. The maximum atomic E-state index is 6.71. The van der Waals surface area contributed by atoms with Crippen LogP contribution in [0.1, 0.15) is 17.0 Å². The van der Waals surface area contributed by atoms with E-state index in [0.29, 0.717) is 34.5 Å². The van der Waals surface area contributed by atoms with Gasteiger partial charge >= 0.3 is 0 Å². The highest BCUT2D eigenvalue weighted by molar-refractivity contribution is 6.11. The van der Waals surface area contributed by atoms with Gasteiger partial charge in [-0.05, 0) is 93.9 Å². The van der Waals surface area contributed by atoms with E-state index in [1.165, 1.54) is 33.4 Å². The third-order valence-electron chi connectivity index (χ3n) is 12.4. The van der Waals surface area contributed by atoms with Crippen LogP contribution in [0.15, 0.2) is 203 Å². The molecule has 1 aliphatic rings. The maximum absolute atomic E-state index is 6.71. The van der Waals surface area contributed by atoms with Gasteiger partial charge < -0.3 is 8.83 Å². The Morgan fingerprint density at radius 1 is 0.369 bits per heavy atom. The van der Waals surface area contributed by atoms with E-state index in [1.807, 2.05) is 109 Å². The second-order valence-corrected chi connectivity index (χ2v) is 16.4. The van der Waals surface area contributed by atoms with Gasteiger partial charge in [0.1, 0.15) is 28.0 Å². The molecule has 4 aromatic heterocycles. The summed E-state index contributed by atoms with van der Waals surface area (Å²) in [5, 5.41) is 2.81.